The molecular weight excluding hydrogens is 196 g/mol. The summed E-state index contributed by atoms with van der Waals surface area (Å²) in [5.74, 6) is 1.08. The van der Waals surface area contributed by atoms with Gasteiger partial charge in [-0.3, -0.25) is 0 Å². The average molecular weight is 217 g/mol. The molecule has 1 aromatic rings. The molecule has 0 aliphatic heterocycles. The number of rotatable bonds is 6. The second-order valence-corrected chi connectivity index (χ2v) is 4.12. The highest BCUT2D eigenvalue weighted by molar-refractivity contribution is 5.37. The van der Waals surface area contributed by atoms with Gasteiger partial charge < -0.3 is 4.74 Å². The monoisotopic (exact) mass is 217 g/mol. The molecule has 0 N–H and O–H groups in total. The van der Waals surface area contributed by atoms with E-state index < -0.39 is 0 Å². The van der Waals surface area contributed by atoms with E-state index in [4.69, 9.17) is 4.74 Å². The van der Waals surface area contributed by atoms with Crippen LogP contribution in [0.4, 0.5) is 0 Å². The van der Waals surface area contributed by atoms with Crippen LogP contribution in [0.15, 0.2) is 30.9 Å². The summed E-state index contributed by atoms with van der Waals surface area (Å²) < 4.78 is 5.70. The number of ether oxygens (including phenoxy) is 1. The molecule has 1 aromatic carbocycles. The zero-order chi connectivity index (χ0) is 12.0. The van der Waals surface area contributed by atoms with Crippen LogP contribution < -0.4 is 4.74 Å². The third kappa shape index (κ3) is 3.73. The van der Waals surface area contributed by atoms with Crippen LogP contribution in [0.5, 0.6) is 5.75 Å². The summed E-state index contributed by atoms with van der Waals surface area (Å²) in [5, 5.41) is 0. The van der Waals surface area contributed by atoms with Crippen molar-refractivity contribution in [1.29, 1.82) is 0 Å². The third-order valence-electron chi connectivity index (χ3n) is 2.55. The number of hydrogen-bond donors (Lipinski definition) is 0. The first-order chi connectivity index (χ1) is 7.67. The van der Waals surface area contributed by atoms with Gasteiger partial charge in [0.25, 0.3) is 0 Å². The van der Waals surface area contributed by atoms with E-state index in [1.165, 1.54) is 11.1 Å². The van der Waals surface area contributed by atoms with Gasteiger partial charge in [-0.25, -0.2) is 0 Å². The fourth-order valence-electron chi connectivity index (χ4n) is 1.54. The number of benzene rings is 1. The summed E-state index contributed by atoms with van der Waals surface area (Å²) >= 11 is 0. The molecule has 0 aliphatic carbocycles. The zero-order valence-corrected chi connectivity index (χ0v) is 10.3. The molecule has 0 aliphatic rings. The summed E-state index contributed by atoms with van der Waals surface area (Å²) in [6, 6.07) is 6.25. The van der Waals surface area contributed by atoms with Crippen LogP contribution in [0.1, 0.15) is 36.8 Å². The van der Waals surface area contributed by atoms with Crippen molar-refractivity contribution < 1.29 is 4.74 Å². The van der Waals surface area contributed by atoms with E-state index in [2.05, 4.69) is 45.5 Å². The normalized spacial score (nSPS) is 12.2. The second-order valence-electron chi connectivity index (χ2n) is 4.12. The van der Waals surface area contributed by atoms with Gasteiger partial charge in [0.1, 0.15) is 5.75 Å². The number of allylic oxidation sites excluding steroid dienone is 1. The molecule has 1 nitrogen and oxygen atoms in total. The summed E-state index contributed by atoms with van der Waals surface area (Å²) in [6.45, 7) is 12.8. The van der Waals surface area contributed by atoms with Crippen molar-refractivity contribution >= 4 is 0 Å². The third-order valence-corrected chi connectivity index (χ3v) is 2.55. The predicted octanol–water partition coefficient (Wildman–Crippen LogP) is 4.28. The number of hydrogen-bond acceptors (Lipinski definition) is 1. The quantitative estimate of drug-likeness (QED) is 0.510. The van der Waals surface area contributed by atoms with Crippen molar-refractivity contribution in [3.8, 4) is 5.75 Å². The van der Waals surface area contributed by atoms with E-state index in [-0.39, 0.29) is 5.92 Å². The topological polar surface area (TPSA) is 9.23 Å². The van der Waals surface area contributed by atoms with E-state index in [0.29, 0.717) is 0 Å². The molecule has 1 atom stereocenters. The fourth-order valence-corrected chi connectivity index (χ4v) is 1.54. The summed E-state index contributed by atoms with van der Waals surface area (Å²) in [7, 11) is 0. The van der Waals surface area contributed by atoms with Gasteiger partial charge in [-0.2, -0.15) is 0 Å². The molecule has 0 aromatic heterocycles. The average Bonchev–Trinajstić information content (AvgIpc) is 2.27. The molecular formula is C15H21O. The van der Waals surface area contributed by atoms with Crippen molar-refractivity contribution in [2.75, 3.05) is 6.61 Å². The molecule has 0 heterocycles. The standard InChI is InChI=1S/C15H21O/c1-5-7-8-16-15-10-12(3)9-14(11-15)13(4)6-2/h6,9-11,13H,2,4-5,7-8H2,1,3H3. The molecule has 0 saturated heterocycles. The SMILES string of the molecule is [CH2]C(C=C)c1cc(C)cc(OCCCC)c1. The second kappa shape index (κ2) is 6.37. The Labute approximate surface area is 99.1 Å². The van der Waals surface area contributed by atoms with Gasteiger partial charge in [-0.1, -0.05) is 25.5 Å². The van der Waals surface area contributed by atoms with Crippen LogP contribution in [-0.2, 0) is 0 Å². The first kappa shape index (κ1) is 12.8. The van der Waals surface area contributed by atoms with Gasteiger partial charge in [-0.05, 0) is 43.5 Å². The molecule has 0 bridgehead atoms. The number of aryl methyl sites for hydroxylation is 1. The van der Waals surface area contributed by atoms with Gasteiger partial charge in [-0.15, -0.1) is 6.58 Å². The van der Waals surface area contributed by atoms with Crippen LogP contribution >= 0.6 is 0 Å². The Hall–Kier alpha value is -1.24. The van der Waals surface area contributed by atoms with Gasteiger partial charge in [0, 0.05) is 5.92 Å². The molecule has 0 saturated carbocycles. The minimum atomic E-state index is 0.133. The Kier molecular flexibility index (Phi) is 5.10. The molecule has 1 rings (SSSR count). The molecule has 16 heavy (non-hydrogen) atoms. The molecule has 0 fully saturated rings. The Morgan fingerprint density at radius 1 is 1.38 bits per heavy atom. The molecule has 1 radical (unpaired) electrons. The Morgan fingerprint density at radius 3 is 2.75 bits per heavy atom. The smallest absolute Gasteiger partial charge is 0.119 e. The predicted molar refractivity (Wildman–Crippen MR) is 69.9 cm³/mol. The summed E-state index contributed by atoms with van der Waals surface area (Å²) in [4.78, 5) is 0. The lowest BCUT2D eigenvalue weighted by Gasteiger charge is -2.11. The van der Waals surface area contributed by atoms with E-state index in [0.717, 1.165) is 25.2 Å². The van der Waals surface area contributed by atoms with Crippen molar-refractivity contribution in [2.24, 2.45) is 0 Å². The highest BCUT2D eigenvalue weighted by atomic mass is 16.5. The first-order valence-electron chi connectivity index (χ1n) is 5.87. The van der Waals surface area contributed by atoms with Crippen LogP contribution in [-0.4, -0.2) is 6.61 Å². The van der Waals surface area contributed by atoms with Crippen LogP contribution in [0.2, 0.25) is 0 Å². The van der Waals surface area contributed by atoms with E-state index in [9.17, 15) is 0 Å². The minimum absolute atomic E-state index is 0.133. The maximum absolute atomic E-state index is 5.70. The molecule has 0 spiro atoms. The van der Waals surface area contributed by atoms with Gasteiger partial charge >= 0.3 is 0 Å². The van der Waals surface area contributed by atoms with Crippen LogP contribution in [0, 0.1) is 13.8 Å². The Balaban J connectivity index is 2.77. The maximum Gasteiger partial charge on any atom is 0.119 e. The van der Waals surface area contributed by atoms with Crippen molar-refractivity contribution in [1.82, 2.24) is 0 Å². The van der Waals surface area contributed by atoms with E-state index in [1.54, 1.807) is 0 Å². The first-order valence-corrected chi connectivity index (χ1v) is 5.87. The van der Waals surface area contributed by atoms with Crippen molar-refractivity contribution in [2.45, 2.75) is 32.6 Å². The Bertz CT molecular complexity index is 341. The van der Waals surface area contributed by atoms with Crippen LogP contribution in [0.3, 0.4) is 0 Å². The Morgan fingerprint density at radius 2 is 2.12 bits per heavy atom. The molecule has 1 heteroatoms. The number of unbranched alkanes of at least 4 members (excludes halogenated alkanes) is 1. The van der Waals surface area contributed by atoms with Crippen molar-refractivity contribution in [3.63, 3.8) is 0 Å². The fraction of sp³-hybridized carbons (Fsp3) is 0.400. The minimum Gasteiger partial charge on any atom is -0.494 e. The van der Waals surface area contributed by atoms with E-state index >= 15 is 0 Å². The van der Waals surface area contributed by atoms with Crippen LogP contribution in [0.25, 0.3) is 0 Å². The van der Waals surface area contributed by atoms with Gasteiger partial charge in [0.15, 0.2) is 0 Å². The summed E-state index contributed by atoms with van der Waals surface area (Å²) in [5.41, 5.74) is 2.38. The highest BCUT2D eigenvalue weighted by Gasteiger charge is 2.04. The zero-order valence-electron chi connectivity index (χ0n) is 10.3. The molecule has 0 amide bonds. The summed E-state index contributed by atoms with van der Waals surface area (Å²) in [6.07, 6.45) is 4.10. The molecule has 1 unspecified atom stereocenters. The van der Waals surface area contributed by atoms with Crippen molar-refractivity contribution in [3.05, 3.63) is 48.9 Å². The largest absolute Gasteiger partial charge is 0.494 e. The van der Waals surface area contributed by atoms with Gasteiger partial charge in [0.2, 0.25) is 0 Å². The molecule has 87 valence electrons. The van der Waals surface area contributed by atoms with E-state index in [1.807, 2.05) is 6.08 Å². The van der Waals surface area contributed by atoms with Gasteiger partial charge in [0.05, 0.1) is 6.61 Å². The lowest BCUT2D eigenvalue weighted by molar-refractivity contribution is 0.309. The lowest BCUT2D eigenvalue weighted by atomic mass is 9.99. The lowest BCUT2D eigenvalue weighted by Crippen LogP contribution is -1.98. The highest BCUT2D eigenvalue weighted by Crippen LogP contribution is 2.23. The maximum atomic E-state index is 5.70.